The summed E-state index contributed by atoms with van der Waals surface area (Å²) in [6, 6.07) is 0.202. The summed E-state index contributed by atoms with van der Waals surface area (Å²) in [5.41, 5.74) is -2.66. The van der Waals surface area contributed by atoms with Crippen molar-refractivity contribution in [2.45, 2.75) is 12.5 Å². The number of pyridine rings is 1. The zero-order chi connectivity index (χ0) is 16.4. The molecule has 0 bridgehead atoms. The Kier molecular flexibility index (Phi) is 4.54. The highest BCUT2D eigenvalue weighted by molar-refractivity contribution is 5.93. The molecule has 0 aromatic carbocycles. The lowest BCUT2D eigenvalue weighted by Gasteiger charge is -2.16. The molecule has 118 valence electrons. The lowest BCUT2D eigenvalue weighted by molar-refractivity contribution is -0.277. The Balaban J connectivity index is 3.56. The van der Waals surface area contributed by atoms with Crippen LogP contribution in [0.1, 0.15) is 16.1 Å². The van der Waals surface area contributed by atoms with Crippen molar-refractivity contribution in [3.05, 3.63) is 17.3 Å². The molecule has 0 fully saturated rings. The third-order valence-electron chi connectivity index (χ3n) is 2.05. The molecule has 0 saturated carbocycles. The van der Waals surface area contributed by atoms with Gasteiger partial charge in [0.15, 0.2) is 5.75 Å². The average molecular weight is 319 g/mol. The van der Waals surface area contributed by atoms with E-state index in [2.05, 4.69) is 19.2 Å². The van der Waals surface area contributed by atoms with E-state index in [0.29, 0.717) is 0 Å². The molecule has 0 unspecified atom stereocenters. The molecule has 5 nitrogen and oxygen atoms in total. The van der Waals surface area contributed by atoms with Crippen LogP contribution in [0.3, 0.4) is 0 Å². The standard InChI is InChI=1S/C10H7F6NO4/c1-19-6-4(8(18)20-2)3-5(9(11,12)13)17-7(6)21-10(14,15)16/h3H,1-2H3. The van der Waals surface area contributed by atoms with Crippen molar-refractivity contribution in [3.63, 3.8) is 0 Å². The van der Waals surface area contributed by atoms with Gasteiger partial charge in [0.05, 0.1) is 14.2 Å². The third-order valence-corrected chi connectivity index (χ3v) is 2.05. The maximum Gasteiger partial charge on any atom is 0.574 e. The van der Waals surface area contributed by atoms with Gasteiger partial charge in [-0.15, -0.1) is 13.2 Å². The summed E-state index contributed by atoms with van der Waals surface area (Å²) in [5.74, 6) is -3.81. The first-order valence-corrected chi connectivity index (χ1v) is 5.00. The normalized spacial score (nSPS) is 12.0. The molecule has 0 N–H and O–H groups in total. The molecule has 21 heavy (non-hydrogen) atoms. The van der Waals surface area contributed by atoms with Crippen molar-refractivity contribution in [2.75, 3.05) is 14.2 Å². The Morgan fingerprint density at radius 3 is 2.10 bits per heavy atom. The van der Waals surface area contributed by atoms with Gasteiger partial charge in [-0.1, -0.05) is 0 Å². The third kappa shape index (κ3) is 4.13. The first-order chi connectivity index (χ1) is 9.49. The Morgan fingerprint density at radius 1 is 1.14 bits per heavy atom. The number of nitrogens with zero attached hydrogens (tertiary/aromatic N) is 1. The SMILES string of the molecule is COC(=O)c1cc(C(F)(F)F)nc(OC(F)(F)F)c1OC. The molecule has 0 aliphatic heterocycles. The Labute approximate surface area is 113 Å². The van der Waals surface area contributed by atoms with Gasteiger partial charge in [0.1, 0.15) is 11.3 Å². The number of ether oxygens (including phenoxy) is 3. The van der Waals surface area contributed by atoms with Gasteiger partial charge >= 0.3 is 18.5 Å². The lowest BCUT2D eigenvalue weighted by Crippen LogP contribution is -2.21. The van der Waals surface area contributed by atoms with Crippen LogP contribution in [0.25, 0.3) is 0 Å². The molecule has 11 heteroatoms. The molecule has 0 saturated heterocycles. The summed E-state index contributed by atoms with van der Waals surface area (Å²) >= 11 is 0. The number of carbonyl (C=O) groups excluding carboxylic acids is 1. The summed E-state index contributed by atoms with van der Waals surface area (Å²) in [7, 11) is 1.67. The van der Waals surface area contributed by atoms with Crippen molar-refractivity contribution in [3.8, 4) is 11.6 Å². The van der Waals surface area contributed by atoms with E-state index < -0.39 is 41.4 Å². The zero-order valence-corrected chi connectivity index (χ0v) is 10.4. The molecular formula is C10H7F6NO4. The summed E-state index contributed by atoms with van der Waals surface area (Å²) in [6.45, 7) is 0. The van der Waals surface area contributed by atoms with Crippen LogP contribution in [-0.4, -0.2) is 31.5 Å². The minimum absolute atomic E-state index is 0.202. The minimum Gasteiger partial charge on any atom is -0.491 e. The van der Waals surface area contributed by atoms with Gasteiger partial charge in [0.2, 0.25) is 0 Å². The van der Waals surface area contributed by atoms with Gasteiger partial charge in [-0.05, 0) is 6.07 Å². The fourth-order valence-electron chi connectivity index (χ4n) is 1.29. The first-order valence-electron chi connectivity index (χ1n) is 5.00. The van der Waals surface area contributed by atoms with Crippen LogP contribution in [-0.2, 0) is 10.9 Å². The average Bonchev–Trinajstić information content (AvgIpc) is 2.33. The van der Waals surface area contributed by atoms with Gasteiger partial charge in [-0.3, -0.25) is 0 Å². The van der Waals surface area contributed by atoms with Crippen molar-refractivity contribution < 1.29 is 45.3 Å². The molecular weight excluding hydrogens is 312 g/mol. The van der Waals surface area contributed by atoms with Crippen molar-refractivity contribution in [2.24, 2.45) is 0 Å². The monoisotopic (exact) mass is 319 g/mol. The topological polar surface area (TPSA) is 57.7 Å². The Hall–Kier alpha value is -2.20. The second-order valence-corrected chi connectivity index (χ2v) is 3.43. The van der Waals surface area contributed by atoms with Crippen LogP contribution in [0, 0.1) is 0 Å². The molecule has 0 amide bonds. The minimum atomic E-state index is -5.32. The fraction of sp³-hybridized carbons (Fsp3) is 0.400. The van der Waals surface area contributed by atoms with E-state index in [9.17, 15) is 31.1 Å². The van der Waals surface area contributed by atoms with Crippen LogP contribution in [0.4, 0.5) is 26.3 Å². The molecule has 0 spiro atoms. The lowest BCUT2D eigenvalue weighted by atomic mass is 10.2. The van der Waals surface area contributed by atoms with Crippen LogP contribution < -0.4 is 9.47 Å². The van der Waals surface area contributed by atoms with Crippen LogP contribution in [0.5, 0.6) is 11.6 Å². The quantitative estimate of drug-likeness (QED) is 0.633. The summed E-state index contributed by atoms with van der Waals surface area (Å²) in [4.78, 5) is 14.0. The van der Waals surface area contributed by atoms with E-state index in [1.54, 1.807) is 0 Å². The molecule has 1 aromatic rings. The van der Waals surface area contributed by atoms with Gasteiger partial charge in [0, 0.05) is 0 Å². The Bertz CT molecular complexity index is 540. The van der Waals surface area contributed by atoms with Gasteiger partial charge in [0.25, 0.3) is 5.88 Å². The van der Waals surface area contributed by atoms with Gasteiger partial charge < -0.3 is 14.2 Å². The van der Waals surface area contributed by atoms with Gasteiger partial charge in [-0.25, -0.2) is 9.78 Å². The predicted octanol–water partition coefficient (Wildman–Crippen LogP) is 2.79. The number of esters is 1. The number of aromatic nitrogens is 1. The summed E-state index contributed by atoms with van der Waals surface area (Å²) in [5, 5.41) is 0. The van der Waals surface area contributed by atoms with Gasteiger partial charge in [-0.2, -0.15) is 13.2 Å². The number of hydrogen-bond acceptors (Lipinski definition) is 5. The molecule has 0 aliphatic carbocycles. The van der Waals surface area contributed by atoms with Crippen molar-refractivity contribution in [1.82, 2.24) is 4.98 Å². The van der Waals surface area contributed by atoms with E-state index >= 15 is 0 Å². The highest BCUT2D eigenvalue weighted by atomic mass is 19.4. The maximum absolute atomic E-state index is 12.6. The van der Waals surface area contributed by atoms with Crippen molar-refractivity contribution >= 4 is 5.97 Å². The fourth-order valence-corrected chi connectivity index (χ4v) is 1.29. The molecule has 0 radical (unpaired) electrons. The number of alkyl halides is 6. The number of hydrogen-bond donors (Lipinski definition) is 0. The zero-order valence-electron chi connectivity index (χ0n) is 10.4. The number of rotatable bonds is 3. The maximum atomic E-state index is 12.6. The van der Waals surface area contributed by atoms with Crippen LogP contribution in [0.15, 0.2) is 6.07 Å². The second-order valence-electron chi connectivity index (χ2n) is 3.43. The van der Waals surface area contributed by atoms with Crippen LogP contribution in [0.2, 0.25) is 0 Å². The Morgan fingerprint density at radius 2 is 1.71 bits per heavy atom. The van der Waals surface area contributed by atoms with Crippen LogP contribution >= 0.6 is 0 Å². The molecule has 1 rings (SSSR count). The number of halogens is 6. The molecule has 0 atom stereocenters. The highest BCUT2D eigenvalue weighted by Gasteiger charge is 2.39. The van der Waals surface area contributed by atoms with Crippen molar-refractivity contribution in [1.29, 1.82) is 0 Å². The van der Waals surface area contributed by atoms with E-state index in [4.69, 9.17) is 0 Å². The molecule has 1 heterocycles. The molecule has 0 aliphatic rings. The summed E-state index contributed by atoms with van der Waals surface area (Å²) < 4.78 is 86.3. The number of methoxy groups -OCH3 is 2. The van der Waals surface area contributed by atoms with E-state index in [1.165, 1.54) is 0 Å². The summed E-state index contributed by atoms with van der Waals surface area (Å²) in [6.07, 6.45) is -10.4. The second kappa shape index (κ2) is 5.66. The number of carbonyl (C=O) groups is 1. The molecule has 1 aromatic heterocycles. The largest absolute Gasteiger partial charge is 0.574 e. The first kappa shape index (κ1) is 16.9. The van der Waals surface area contributed by atoms with E-state index in [-0.39, 0.29) is 6.07 Å². The predicted molar refractivity (Wildman–Crippen MR) is 53.8 cm³/mol. The smallest absolute Gasteiger partial charge is 0.491 e. The van der Waals surface area contributed by atoms with E-state index in [0.717, 1.165) is 14.2 Å². The highest BCUT2D eigenvalue weighted by Crippen LogP contribution is 2.38. The van der Waals surface area contributed by atoms with E-state index in [1.807, 2.05) is 0 Å².